The molecule has 0 fully saturated rings. The lowest BCUT2D eigenvalue weighted by atomic mass is 10.1. The fraction of sp³-hybridized carbons (Fsp3) is 0.154. The van der Waals surface area contributed by atoms with Crippen LogP contribution in [-0.4, -0.2) is 4.98 Å². The molecule has 2 aromatic rings. The van der Waals surface area contributed by atoms with Crippen molar-refractivity contribution in [2.24, 2.45) is 0 Å². The van der Waals surface area contributed by atoms with E-state index in [-0.39, 0.29) is 16.6 Å². The number of anilines is 1. The molecule has 2 rings (SSSR count). The maximum Gasteiger partial charge on any atom is 0.166 e. The van der Waals surface area contributed by atoms with Crippen molar-refractivity contribution >= 4 is 44.9 Å². The Balaban J connectivity index is 2.69. The minimum absolute atomic E-state index is 0.150. The fourth-order valence-electron chi connectivity index (χ4n) is 1.41. The molecule has 0 saturated carbocycles. The Labute approximate surface area is 139 Å². The molecule has 0 aliphatic carbocycles. The first-order chi connectivity index (χ1) is 11.0. The molecule has 7 heteroatoms. The first-order valence-electron chi connectivity index (χ1n) is 7.21. The zero-order valence-electron chi connectivity index (χ0n) is 13.8. The molecule has 0 saturated heterocycles. The SMILES string of the molecule is [2H]C([2H])([2H])[C@@]([2H])(Oc1cc(Br)cnc1N)c1c(Cl)ccc(F)c1Cl. The van der Waals surface area contributed by atoms with Gasteiger partial charge >= 0.3 is 0 Å². The lowest BCUT2D eigenvalue weighted by Crippen LogP contribution is -2.08. The van der Waals surface area contributed by atoms with Crippen LogP contribution >= 0.6 is 39.1 Å². The van der Waals surface area contributed by atoms with E-state index < -0.39 is 29.3 Å². The van der Waals surface area contributed by atoms with Gasteiger partial charge in [-0.2, -0.15) is 0 Å². The molecule has 0 radical (unpaired) electrons. The van der Waals surface area contributed by atoms with E-state index >= 15 is 0 Å². The van der Waals surface area contributed by atoms with Gasteiger partial charge in [-0.05, 0) is 41.0 Å². The summed E-state index contributed by atoms with van der Waals surface area (Å²) in [7, 11) is 0. The summed E-state index contributed by atoms with van der Waals surface area (Å²) in [6.45, 7) is -3.07. The van der Waals surface area contributed by atoms with Crippen molar-refractivity contribution in [1.82, 2.24) is 4.98 Å². The smallest absolute Gasteiger partial charge is 0.166 e. The molecule has 0 spiro atoms. The van der Waals surface area contributed by atoms with E-state index in [1.54, 1.807) is 0 Å². The third kappa shape index (κ3) is 3.16. The number of hydrogen-bond acceptors (Lipinski definition) is 3. The van der Waals surface area contributed by atoms with Crippen molar-refractivity contribution in [3.63, 3.8) is 0 Å². The van der Waals surface area contributed by atoms with Crippen LogP contribution in [0.4, 0.5) is 10.2 Å². The molecule has 106 valence electrons. The van der Waals surface area contributed by atoms with Gasteiger partial charge in [-0.25, -0.2) is 9.37 Å². The molecule has 0 unspecified atom stereocenters. The van der Waals surface area contributed by atoms with Crippen molar-refractivity contribution < 1.29 is 14.6 Å². The lowest BCUT2D eigenvalue weighted by Gasteiger charge is -2.18. The zero-order chi connectivity index (χ0) is 18.3. The summed E-state index contributed by atoms with van der Waals surface area (Å²) in [4.78, 5) is 3.80. The van der Waals surface area contributed by atoms with Crippen LogP contribution < -0.4 is 10.5 Å². The second-order valence-corrected chi connectivity index (χ2v) is 5.39. The van der Waals surface area contributed by atoms with E-state index in [0.29, 0.717) is 4.47 Å². The second kappa shape index (κ2) is 6.16. The monoisotopic (exact) mass is 382 g/mol. The minimum Gasteiger partial charge on any atom is -0.482 e. The molecule has 0 amide bonds. The Hall–Kier alpha value is -1.04. The average Bonchev–Trinajstić information content (AvgIpc) is 2.46. The highest BCUT2D eigenvalue weighted by Gasteiger charge is 2.19. The summed E-state index contributed by atoms with van der Waals surface area (Å²) in [5, 5.41) is -0.843. The predicted octanol–water partition coefficient (Wildman–Crippen LogP) is 5.01. The molecule has 1 aromatic heterocycles. The van der Waals surface area contributed by atoms with E-state index in [4.69, 9.17) is 39.2 Å². The normalized spacial score (nSPS) is 17.4. The molecule has 1 aromatic carbocycles. The molecular formula is C13H10BrCl2FN2O. The van der Waals surface area contributed by atoms with Crippen LogP contribution in [0.15, 0.2) is 28.9 Å². The zero-order valence-corrected chi connectivity index (χ0v) is 12.9. The summed E-state index contributed by atoms with van der Waals surface area (Å²) in [6.07, 6.45) is -1.44. The van der Waals surface area contributed by atoms with Crippen molar-refractivity contribution in [2.75, 3.05) is 5.73 Å². The highest BCUT2D eigenvalue weighted by atomic mass is 79.9. The first-order valence-corrected chi connectivity index (χ1v) is 6.76. The van der Waals surface area contributed by atoms with Gasteiger partial charge in [0, 0.05) is 25.4 Å². The highest BCUT2D eigenvalue weighted by Crippen LogP contribution is 2.36. The number of benzene rings is 1. The summed E-state index contributed by atoms with van der Waals surface area (Å²) in [6, 6.07) is 3.39. The Bertz CT molecular complexity index is 793. The molecule has 0 bridgehead atoms. The standard InChI is InChI=1S/C13H10BrCl2FN2O/c1-6(11-8(15)2-3-9(17)12(11)16)20-10-4-7(14)5-19-13(10)18/h2-6H,1H3,(H2,18,19)/t6-/m1/s1/i1D3,6D. The van der Waals surface area contributed by atoms with Gasteiger partial charge in [-0.3, -0.25) is 0 Å². The molecule has 1 heterocycles. The second-order valence-electron chi connectivity index (χ2n) is 3.69. The van der Waals surface area contributed by atoms with Crippen LogP contribution in [0, 0.1) is 5.82 Å². The molecule has 0 aliphatic heterocycles. The number of halogens is 4. The average molecular weight is 384 g/mol. The van der Waals surface area contributed by atoms with Gasteiger partial charge in [0.1, 0.15) is 11.9 Å². The van der Waals surface area contributed by atoms with Crippen molar-refractivity contribution in [2.45, 2.75) is 12.9 Å². The molecular weight excluding hydrogens is 370 g/mol. The topological polar surface area (TPSA) is 48.1 Å². The van der Waals surface area contributed by atoms with Crippen LogP contribution in [0.1, 0.15) is 24.0 Å². The minimum atomic E-state index is -3.07. The van der Waals surface area contributed by atoms with Gasteiger partial charge in [0.25, 0.3) is 0 Å². The van der Waals surface area contributed by atoms with E-state index in [2.05, 4.69) is 20.9 Å². The summed E-state index contributed by atoms with van der Waals surface area (Å²) >= 11 is 15.0. The molecule has 2 N–H and O–H groups in total. The van der Waals surface area contributed by atoms with Crippen LogP contribution in [0.5, 0.6) is 5.75 Å². The number of nitrogens with zero attached hydrogens (tertiary/aromatic N) is 1. The summed E-state index contributed by atoms with van der Waals surface area (Å²) in [5.74, 6) is -1.27. The summed E-state index contributed by atoms with van der Waals surface area (Å²) in [5.41, 5.74) is 5.14. The quantitative estimate of drug-likeness (QED) is 0.757. The van der Waals surface area contributed by atoms with E-state index in [9.17, 15) is 4.39 Å². The molecule has 20 heavy (non-hydrogen) atoms. The Morgan fingerprint density at radius 2 is 2.30 bits per heavy atom. The fourth-order valence-corrected chi connectivity index (χ4v) is 2.26. The van der Waals surface area contributed by atoms with Crippen molar-refractivity contribution in [3.05, 3.63) is 50.3 Å². The van der Waals surface area contributed by atoms with E-state index in [1.165, 1.54) is 12.3 Å². The predicted molar refractivity (Wildman–Crippen MR) is 81.8 cm³/mol. The Kier molecular flexibility index (Phi) is 3.28. The van der Waals surface area contributed by atoms with Gasteiger partial charge in [0.15, 0.2) is 11.6 Å². The summed E-state index contributed by atoms with van der Waals surface area (Å²) < 4.78 is 51.0. The van der Waals surface area contributed by atoms with Crippen LogP contribution in [0.25, 0.3) is 0 Å². The van der Waals surface area contributed by atoms with Crippen molar-refractivity contribution in [3.8, 4) is 5.75 Å². The Morgan fingerprint density at radius 3 is 3.00 bits per heavy atom. The van der Waals surface area contributed by atoms with Crippen molar-refractivity contribution in [1.29, 1.82) is 0 Å². The lowest BCUT2D eigenvalue weighted by molar-refractivity contribution is 0.227. The van der Waals surface area contributed by atoms with Crippen LogP contribution in [0.3, 0.4) is 0 Å². The maximum absolute atomic E-state index is 13.8. The Morgan fingerprint density at radius 1 is 1.55 bits per heavy atom. The number of rotatable bonds is 3. The van der Waals surface area contributed by atoms with E-state index in [0.717, 1.165) is 12.1 Å². The third-order valence-corrected chi connectivity index (χ3v) is 3.45. The van der Waals surface area contributed by atoms with Crippen LogP contribution in [-0.2, 0) is 0 Å². The number of pyridine rings is 1. The molecule has 0 aliphatic rings. The van der Waals surface area contributed by atoms with Gasteiger partial charge in [-0.15, -0.1) is 0 Å². The number of ether oxygens (including phenoxy) is 1. The van der Waals surface area contributed by atoms with Gasteiger partial charge in [-0.1, -0.05) is 23.2 Å². The number of nitrogen functional groups attached to an aromatic ring is 1. The maximum atomic E-state index is 13.8. The number of hydrogen-bond donors (Lipinski definition) is 1. The first kappa shape index (κ1) is 10.7. The molecule has 3 nitrogen and oxygen atoms in total. The van der Waals surface area contributed by atoms with Crippen LogP contribution in [0.2, 0.25) is 10.0 Å². The molecule has 1 atom stereocenters. The van der Waals surface area contributed by atoms with Gasteiger partial charge in [0.2, 0.25) is 0 Å². The number of nitrogens with two attached hydrogens (primary N) is 1. The van der Waals surface area contributed by atoms with E-state index in [1.807, 2.05) is 0 Å². The largest absolute Gasteiger partial charge is 0.482 e. The highest BCUT2D eigenvalue weighted by molar-refractivity contribution is 9.10. The third-order valence-electron chi connectivity index (χ3n) is 2.33. The van der Waals surface area contributed by atoms with Gasteiger partial charge < -0.3 is 10.5 Å². The number of aromatic nitrogens is 1. The van der Waals surface area contributed by atoms with Gasteiger partial charge in [0.05, 0.1) is 6.39 Å².